The summed E-state index contributed by atoms with van der Waals surface area (Å²) in [4.78, 5) is 17.0. The lowest BCUT2D eigenvalue weighted by atomic mass is 10.2. The van der Waals surface area contributed by atoms with Crippen LogP contribution >= 0.6 is 11.8 Å². The van der Waals surface area contributed by atoms with Crippen molar-refractivity contribution in [1.82, 2.24) is 9.55 Å². The number of thioether (sulfide) groups is 1. The highest BCUT2D eigenvalue weighted by atomic mass is 32.2. The van der Waals surface area contributed by atoms with E-state index >= 15 is 0 Å². The van der Waals surface area contributed by atoms with E-state index in [0.29, 0.717) is 31.1 Å². The zero-order valence-electron chi connectivity index (χ0n) is 19.1. The van der Waals surface area contributed by atoms with Gasteiger partial charge < -0.3 is 23.5 Å². The first kappa shape index (κ1) is 23.9. The van der Waals surface area contributed by atoms with E-state index < -0.39 is 0 Å². The van der Waals surface area contributed by atoms with Gasteiger partial charge in [0.15, 0.2) is 5.16 Å². The molecule has 0 N–H and O–H groups in total. The number of benzene rings is 2. The van der Waals surface area contributed by atoms with Crippen LogP contribution in [0.4, 0.5) is 0 Å². The Kier molecular flexibility index (Phi) is 8.81. The number of esters is 1. The van der Waals surface area contributed by atoms with E-state index in [4.69, 9.17) is 23.9 Å². The molecule has 0 bridgehead atoms. The molecule has 0 aliphatic carbocycles. The third kappa shape index (κ3) is 5.95. The van der Waals surface area contributed by atoms with E-state index in [0.717, 1.165) is 46.2 Å². The van der Waals surface area contributed by atoms with E-state index in [1.807, 2.05) is 31.2 Å². The second-order valence-electron chi connectivity index (χ2n) is 7.03. The third-order valence-corrected chi connectivity index (χ3v) is 5.93. The van der Waals surface area contributed by atoms with Crippen molar-refractivity contribution in [2.45, 2.75) is 37.7 Å². The Morgan fingerprint density at radius 3 is 2.44 bits per heavy atom. The molecule has 32 heavy (non-hydrogen) atoms. The SMILES string of the molecule is CCOCCCn1c(SCc2cc(OC)cc(OC)c2)nc2cc(C(=O)OCC)ccc21. The van der Waals surface area contributed by atoms with Gasteiger partial charge in [0, 0.05) is 31.6 Å². The van der Waals surface area contributed by atoms with Crippen LogP contribution in [0, 0.1) is 0 Å². The van der Waals surface area contributed by atoms with Crippen LogP contribution in [0.25, 0.3) is 11.0 Å². The molecule has 0 aliphatic rings. The highest BCUT2D eigenvalue weighted by Gasteiger charge is 2.15. The first-order valence-electron chi connectivity index (χ1n) is 10.7. The molecule has 172 valence electrons. The molecule has 7 nitrogen and oxygen atoms in total. The Balaban J connectivity index is 1.88. The third-order valence-electron chi connectivity index (χ3n) is 4.88. The fourth-order valence-electron chi connectivity index (χ4n) is 3.34. The van der Waals surface area contributed by atoms with Crippen molar-refractivity contribution in [2.75, 3.05) is 34.0 Å². The van der Waals surface area contributed by atoms with E-state index in [9.17, 15) is 4.79 Å². The van der Waals surface area contributed by atoms with Crippen molar-refractivity contribution in [1.29, 1.82) is 0 Å². The molecule has 0 amide bonds. The summed E-state index contributed by atoms with van der Waals surface area (Å²) in [6.07, 6.45) is 0.874. The van der Waals surface area contributed by atoms with Crippen LogP contribution in [-0.4, -0.2) is 49.6 Å². The van der Waals surface area contributed by atoms with E-state index in [1.54, 1.807) is 45.0 Å². The van der Waals surface area contributed by atoms with Gasteiger partial charge in [0.25, 0.3) is 0 Å². The van der Waals surface area contributed by atoms with Gasteiger partial charge in [0.2, 0.25) is 0 Å². The van der Waals surface area contributed by atoms with Crippen LogP contribution in [0.3, 0.4) is 0 Å². The molecule has 0 atom stereocenters. The minimum absolute atomic E-state index is 0.335. The van der Waals surface area contributed by atoms with Crippen molar-refractivity contribution < 1.29 is 23.7 Å². The summed E-state index contributed by atoms with van der Waals surface area (Å²) in [6.45, 7) is 6.30. The maximum absolute atomic E-state index is 12.2. The number of hydrogen-bond acceptors (Lipinski definition) is 7. The van der Waals surface area contributed by atoms with Crippen LogP contribution < -0.4 is 9.47 Å². The van der Waals surface area contributed by atoms with E-state index in [1.165, 1.54) is 0 Å². The minimum Gasteiger partial charge on any atom is -0.497 e. The van der Waals surface area contributed by atoms with Gasteiger partial charge in [-0.3, -0.25) is 0 Å². The second kappa shape index (κ2) is 11.8. The monoisotopic (exact) mass is 458 g/mol. The van der Waals surface area contributed by atoms with Crippen molar-refractivity contribution in [3.8, 4) is 11.5 Å². The number of hydrogen-bond donors (Lipinski definition) is 0. The highest BCUT2D eigenvalue weighted by molar-refractivity contribution is 7.98. The van der Waals surface area contributed by atoms with Gasteiger partial charge in [-0.15, -0.1) is 0 Å². The van der Waals surface area contributed by atoms with Gasteiger partial charge in [-0.1, -0.05) is 11.8 Å². The van der Waals surface area contributed by atoms with Gasteiger partial charge >= 0.3 is 5.97 Å². The average molecular weight is 459 g/mol. The topological polar surface area (TPSA) is 71.8 Å². The van der Waals surface area contributed by atoms with Crippen LogP contribution in [-0.2, 0) is 21.8 Å². The van der Waals surface area contributed by atoms with Gasteiger partial charge in [-0.2, -0.15) is 0 Å². The normalized spacial score (nSPS) is 11.0. The first-order valence-corrected chi connectivity index (χ1v) is 11.7. The summed E-state index contributed by atoms with van der Waals surface area (Å²) in [5.41, 5.74) is 3.34. The summed E-state index contributed by atoms with van der Waals surface area (Å²) < 4.78 is 23.6. The Hall–Kier alpha value is -2.71. The summed E-state index contributed by atoms with van der Waals surface area (Å²) in [6, 6.07) is 11.4. The molecule has 3 rings (SSSR count). The van der Waals surface area contributed by atoms with E-state index in [-0.39, 0.29) is 5.97 Å². The predicted octanol–water partition coefficient (Wildman–Crippen LogP) is 4.95. The van der Waals surface area contributed by atoms with Crippen LogP contribution in [0.1, 0.15) is 36.2 Å². The maximum Gasteiger partial charge on any atom is 0.338 e. The average Bonchev–Trinajstić information content (AvgIpc) is 3.16. The van der Waals surface area contributed by atoms with Crippen molar-refractivity contribution >= 4 is 28.8 Å². The summed E-state index contributed by atoms with van der Waals surface area (Å²) >= 11 is 1.64. The number of fused-ring (bicyclic) bond motifs is 1. The number of rotatable bonds is 12. The Morgan fingerprint density at radius 2 is 1.78 bits per heavy atom. The van der Waals surface area contributed by atoms with Crippen molar-refractivity contribution in [3.05, 3.63) is 47.5 Å². The molecule has 0 saturated heterocycles. The molecule has 0 aliphatic heterocycles. The maximum atomic E-state index is 12.2. The molecule has 0 saturated carbocycles. The second-order valence-corrected chi connectivity index (χ2v) is 7.97. The Labute approximate surface area is 193 Å². The number of carbonyl (C=O) groups excluding carboxylic acids is 1. The lowest BCUT2D eigenvalue weighted by Crippen LogP contribution is -2.05. The van der Waals surface area contributed by atoms with Crippen molar-refractivity contribution in [2.24, 2.45) is 0 Å². The molecule has 8 heteroatoms. The summed E-state index contributed by atoms with van der Waals surface area (Å²) in [7, 11) is 3.29. The highest BCUT2D eigenvalue weighted by Crippen LogP contribution is 2.31. The minimum atomic E-state index is -0.335. The first-order chi connectivity index (χ1) is 15.6. The van der Waals surface area contributed by atoms with Gasteiger partial charge in [-0.05, 0) is 56.2 Å². The van der Waals surface area contributed by atoms with Crippen LogP contribution in [0.5, 0.6) is 11.5 Å². The lowest BCUT2D eigenvalue weighted by Gasteiger charge is -2.11. The van der Waals surface area contributed by atoms with Gasteiger partial charge in [0.05, 0.1) is 37.4 Å². The van der Waals surface area contributed by atoms with Gasteiger partial charge in [0.1, 0.15) is 11.5 Å². The quantitative estimate of drug-likeness (QED) is 0.216. The zero-order chi connectivity index (χ0) is 22.9. The Morgan fingerprint density at radius 1 is 1.03 bits per heavy atom. The van der Waals surface area contributed by atoms with Crippen LogP contribution in [0.2, 0.25) is 0 Å². The van der Waals surface area contributed by atoms with Crippen molar-refractivity contribution in [3.63, 3.8) is 0 Å². The summed E-state index contributed by atoms with van der Waals surface area (Å²) in [5, 5.41) is 0.888. The number of imidazole rings is 1. The van der Waals surface area contributed by atoms with Crippen LogP contribution in [0.15, 0.2) is 41.6 Å². The fraction of sp³-hybridized carbons (Fsp3) is 0.417. The zero-order valence-corrected chi connectivity index (χ0v) is 19.9. The standard InChI is InChI=1S/C24H30N2O5S/c1-5-30-11-7-10-26-22-9-8-18(23(27)31-6-2)14-21(22)25-24(26)32-16-17-12-19(28-3)15-20(13-17)29-4/h8-9,12-15H,5-7,10-11,16H2,1-4H3. The summed E-state index contributed by atoms with van der Waals surface area (Å²) in [5.74, 6) is 1.87. The lowest BCUT2D eigenvalue weighted by molar-refractivity contribution is 0.0526. The Bertz CT molecular complexity index is 1030. The number of carbonyl (C=O) groups is 1. The molecule has 0 unspecified atom stereocenters. The molecule has 0 fully saturated rings. The fourth-order valence-corrected chi connectivity index (χ4v) is 4.31. The van der Waals surface area contributed by atoms with Gasteiger partial charge in [-0.25, -0.2) is 9.78 Å². The number of methoxy groups -OCH3 is 2. The molecule has 0 spiro atoms. The molecule has 0 radical (unpaired) electrons. The molecule has 1 aromatic heterocycles. The number of ether oxygens (including phenoxy) is 4. The predicted molar refractivity (Wildman–Crippen MR) is 126 cm³/mol. The number of aryl methyl sites for hydroxylation is 1. The molecular formula is C24H30N2O5S. The molecule has 3 aromatic rings. The molecule has 1 heterocycles. The number of nitrogens with zero attached hydrogens (tertiary/aromatic N) is 2. The molecular weight excluding hydrogens is 428 g/mol. The largest absolute Gasteiger partial charge is 0.497 e. The smallest absolute Gasteiger partial charge is 0.338 e. The molecule has 2 aromatic carbocycles. The van der Waals surface area contributed by atoms with E-state index in [2.05, 4.69) is 4.57 Å². The number of aromatic nitrogens is 2.